The van der Waals surface area contributed by atoms with Gasteiger partial charge in [-0.3, -0.25) is 4.79 Å². The average molecular weight is 317 g/mol. The SMILES string of the molecule is CN(C)C(=O)c1sc2ncccc2c1C1CCC(CN)CC1. The summed E-state index contributed by atoms with van der Waals surface area (Å²) in [6, 6.07) is 4.07. The summed E-state index contributed by atoms with van der Waals surface area (Å²) < 4.78 is 0. The topological polar surface area (TPSA) is 59.2 Å². The fourth-order valence-electron chi connectivity index (χ4n) is 3.41. The van der Waals surface area contributed by atoms with E-state index in [-0.39, 0.29) is 5.91 Å². The van der Waals surface area contributed by atoms with Crippen LogP contribution >= 0.6 is 11.3 Å². The number of amides is 1. The van der Waals surface area contributed by atoms with E-state index in [9.17, 15) is 4.79 Å². The molecule has 0 bridgehead atoms. The maximum atomic E-state index is 12.6. The molecule has 3 rings (SSSR count). The number of nitrogens with zero attached hydrogens (tertiary/aromatic N) is 2. The minimum Gasteiger partial charge on any atom is -0.344 e. The number of aromatic nitrogens is 1. The summed E-state index contributed by atoms with van der Waals surface area (Å²) >= 11 is 1.53. The highest BCUT2D eigenvalue weighted by molar-refractivity contribution is 7.20. The Morgan fingerprint density at radius 3 is 2.73 bits per heavy atom. The van der Waals surface area contributed by atoms with Gasteiger partial charge in [-0.2, -0.15) is 0 Å². The molecule has 1 fully saturated rings. The van der Waals surface area contributed by atoms with E-state index in [0.717, 1.165) is 47.3 Å². The Labute approximate surface area is 135 Å². The van der Waals surface area contributed by atoms with Crippen molar-refractivity contribution < 1.29 is 4.79 Å². The third-order valence-corrected chi connectivity index (χ3v) is 5.81. The molecule has 2 heterocycles. The lowest BCUT2D eigenvalue weighted by Gasteiger charge is -2.28. The zero-order valence-corrected chi connectivity index (χ0v) is 14.0. The number of rotatable bonds is 3. The summed E-state index contributed by atoms with van der Waals surface area (Å²) in [4.78, 5) is 20.6. The molecule has 1 aliphatic rings. The molecule has 1 amide bonds. The van der Waals surface area contributed by atoms with Gasteiger partial charge < -0.3 is 10.6 Å². The Hall–Kier alpha value is -1.46. The molecule has 0 unspecified atom stereocenters. The minimum absolute atomic E-state index is 0.0962. The molecule has 4 nitrogen and oxygen atoms in total. The van der Waals surface area contributed by atoms with Crippen LogP contribution in [0.5, 0.6) is 0 Å². The van der Waals surface area contributed by atoms with Gasteiger partial charge >= 0.3 is 0 Å². The monoisotopic (exact) mass is 317 g/mol. The molecule has 1 aliphatic carbocycles. The van der Waals surface area contributed by atoms with Gasteiger partial charge in [0, 0.05) is 25.7 Å². The first-order chi connectivity index (χ1) is 10.6. The van der Waals surface area contributed by atoms with Crippen LogP contribution in [0, 0.1) is 5.92 Å². The lowest BCUT2D eigenvalue weighted by atomic mass is 9.78. The number of thiophene rings is 1. The summed E-state index contributed by atoms with van der Waals surface area (Å²) in [6.07, 6.45) is 6.37. The van der Waals surface area contributed by atoms with E-state index in [0.29, 0.717) is 11.8 Å². The number of carbonyl (C=O) groups is 1. The van der Waals surface area contributed by atoms with E-state index in [4.69, 9.17) is 5.73 Å². The molecule has 0 radical (unpaired) electrons. The largest absolute Gasteiger partial charge is 0.344 e. The quantitative estimate of drug-likeness (QED) is 0.945. The molecule has 1 saturated carbocycles. The zero-order valence-electron chi connectivity index (χ0n) is 13.2. The summed E-state index contributed by atoms with van der Waals surface area (Å²) in [6.45, 7) is 0.780. The highest BCUT2D eigenvalue weighted by Gasteiger charge is 2.29. The predicted octanol–water partition coefficient (Wildman–Crippen LogP) is 3.23. The van der Waals surface area contributed by atoms with Gasteiger partial charge in [-0.1, -0.05) is 6.07 Å². The van der Waals surface area contributed by atoms with Crippen LogP contribution in [-0.4, -0.2) is 36.4 Å². The van der Waals surface area contributed by atoms with E-state index in [1.54, 1.807) is 11.1 Å². The van der Waals surface area contributed by atoms with Crippen molar-refractivity contribution in [2.45, 2.75) is 31.6 Å². The summed E-state index contributed by atoms with van der Waals surface area (Å²) in [5.74, 6) is 1.20. The fraction of sp³-hybridized carbons (Fsp3) is 0.529. The molecular formula is C17H23N3OS. The minimum atomic E-state index is 0.0962. The fourth-order valence-corrected chi connectivity index (χ4v) is 4.66. The van der Waals surface area contributed by atoms with Crippen molar-refractivity contribution in [3.63, 3.8) is 0 Å². The van der Waals surface area contributed by atoms with Crippen LogP contribution in [-0.2, 0) is 0 Å². The standard InChI is InChI=1S/C17H23N3OS/c1-20(2)17(21)15-14(12-7-5-11(10-18)6-8-12)13-4-3-9-19-16(13)22-15/h3-4,9,11-12H,5-8,10,18H2,1-2H3. The van der Waals surface area contributed by atoms with E-state index >= 15 is 0 Å². The van der Waals surface area contributed by atoms with Crippen LogP contribution in [0.2, 0.25) is 0 Å². The summed E-state index contributed by atoms with van der Waals surface area (Å²) in [7, 11) is 3.63. The second-order valence-electron chi connectivity index (χ2n) is 6.35. The predicted molar refractivity (Wildman–Crippen MR) is 91.4 cm³/mol. The van der Waals surface area contributed by atoms with E-state index < -0.39 is 0 Å². The van der Waals surface area contributed by atoms with Crippen molar-refractivity contribution in [1.29, 1.82) is 0 Å². The first-order valence-electron chi connectivity index (χ1n) is 7.91. The van der Waals surface area contributed by atoms with Crippen molar-refractivity contribution in [2.24, 2.45) is 11.7 Å². The molecule has 2 aromatic heterocycles. The van der Waals surface area contributed by atoms with Crippen LogP contribution in [0.3, 0.4) is 0 Å². The number of hydrogen-bond donors (Lipinski definition) is 1. The molecular weight excluding hydrogens is 294 g/mol. The summed E-state index contributed by atoms with van der Waals surface area (Å²) in [5, 5.41) is 1.16. The maximum Gasteiger partial charge on any atom is 0.263 e. The Kier molecular flexibility index (Phi) is 4.45. The molecule has 0 saturated heterocycles. The molecule has 118 valence electrons. The Morgan fingerprint density at radius 1 is 1.36 bits per heavy atom. The number of pyridine rings is 1. The number of nitrogens with two attached hydrogens (primary N) is 1. The smallest absolute Gasteiger partial charge is 0.263 e. The van der Waals surface area contributed by atoms with Crippen molar-refractivity contribution in [3.05, 3.63) is 28.8 Å². The molecule has 22 heavy (non-hydrogen) atoms. The maximum absolute atomic E-state index is 12.6. The van der Waals surface area contributed by atoms with Gasteiger partial charge in [0.15, 0.2) is 0 Å². The average Bonchev–Trinajstić information content (AvgIpc) is 2.93. The number of fused-ring (bicyclic) bond motifs is 1. The van der Waals surface area contributed by atoms with Crippen LogP contribution < -0.4 is 5.73 Å². The zero-order chi connectivity index (χ0) is 15.7. The van der Waals surface area contributed by atoms with Crippen molar-refractivity contribution in [2.75, 3.05) is 20.6 Å². The van der Waals surface area contributed by atoms with E-state index in [1.807, 2.05) is 20.2 Å². The van der Waals surface area contributed by atoms with E-state index in [2.05, 4.69) is 11.1 Å². The first-order valence-corrected chi connectivity index (χ1v) is 8.72. The number of hydrogen-bond acceptors (Lipinski definition) is 4. The van der Waals surface area contributed by atoms with Gasteiger partial charge in [0.2, 0.25) is 0 Å². The normalized spacial score (nSPS) is 22.0. The van der Waals surface area contributed by atoms with Gasteiger partial charge in [0.25, 0.3) is 5.91 Å². The van der Waals surface area contributed by atoms with Crippen molar-refractivity contribution in [1.82, 2.24) is 9.88 Å². The molecule has 2 N–H and O–H groups in total. The number of carbonyl (C=O) groups excluding carboxylic acids is 1. The molecule has 0 aromatic carbocycles. The van der Waals surface area contributed by atoms with Crippen molar-refractivity contribution in [3.8, 4) is 0 Å². The lowest BCUT2D eigenvalue weighted by molar-refractivity contribution is 0.0830. The van der Waals surface area contributed by atoms with Gasteiger partial charge in [0.05, 0.1) is 4.88 Å². The van der Waals surface area contributed by atoms with Crippen molar-refractivity contribution >= 4 is 27.5 Å². The third-order valence-electron chi connectivity index (χ3n) is 4.69. The summed E-state index contributed by atoms with van der Waals surface area (Å²) in [5.41, 5.74) is 7.03. The van der Waals surface area contributed by atoms with Gasteiger partial charge in [-0.15, -0.1) is 11.3 Å². The molecule has 2 aromatic rings. The van der Waals surface area contributed by atoms with Gasteiger partial charge in [-0.25, -0.2) is 4.98 Å². The molecule has 0 spiro atoms. The Morgan fingerprint density at radius 2 is 2.09 bits per heavy atom. The Balaban J connectivity index is 2.03. The highest BCUT2D eigenvalue weighted by atomic mass is 32.1. The second-order valence-corrected chi connectivity index (χ2v) is 7.35. The lowest BCUT2D eigenvalue weighted by Crippen LogP contribution is -2.24. The van der Waals surface area contributed by atoms with Gasteiger partial charge in [-0.05, 0) is 55.7 Å². The highest BCUT2D eigenvalue weighted by Crippen LogP contribution is 2.43. The van der Waals surface area contributed by atoms with Crippen LogP contribution in [0.25, 0.3) is 10.2 Å². The van der Waals surface area contributed by atoms with Crippen LogP contribution in [0.15, 0.2) is 18.3 Å². The van der Waals surface area contributed by atoms with E-state index in [1.165, 1.54) is 16.9 Å². The van der Waals surface area contributed by atoms with Gasteiger partial charge in [0.1, 0.15) is 4.83 Å². The molecule has 0 atom stereocenters. The Bertz CT molecular complexity index is 672. The first kappa shape index (κ1) is 15.4. The second kappa shape index (κ2) is 6.34. The van der Waals surface area contributed by atoms with Crippen LogP contribution in [0.4, 0.5) is 0 Å². The third kappa shape index (κ3) is 2.75. The molecule has 5 heteroatoms. The van der Waals surface area contributed by atoms with Crippen LogP contribution in [0.1, 0.15) is 46.8 Å². The molecule has 0 aliphatic heterocycles.